The molecule has 8 heteroatoms. The van der Waals surface area contributed by atoms with Gasteiger partial charge in [0.25, 0.3) is 0 Å². The smallest absolute Gasteiger partial charge is 0.341 e. The van der Waals surface area contributed by atoms with Gasteiger partial charge in [0.1, 0.15) is 16.3 Å². The Bertz CT molecular complexity index is 625. The molecule has 0 atom stereocenters. The lowest BCUT2D eigenvalue weighted by Crippen LogP contribution is -2.13. The molecule has 0 radical (unpaired) electrons. The molecule has 1 aromatic carbocycles. The number of carbonyl (C=O) groups is 1. The molecule has 0 unspecified atom stereocenters. The van der Waals surface area contributed by atoms with Gasteiger partial charge in [-0.25, -0.2) is 22.0 Å². The molecule has 18 heavy (non-hydrogen) atoms. The van der Waals surface area contributed by atoms with E-state index >= 15 is 0 Å². The Balaban J connectivity index is 3.50. The molecule has 0 spiro atoms. The van der Waals surface area contributed by atoms with Crippen LogP contribution in [0.5, 0.6) is 0 Å². The molecule has 98 valence electrons. The van der Waals surface area contributed by atoms with E-state index in [1.165, 1.54) is 0 Å². The maximum Gasteiger partial charge on any atom is 0.341 e. The monoisotopic (exact) mass is 340 g/mol. The van der Waals surface area contributed by atoms with Gasteiger partial charge >= 0.3 is 5.97 Å². The Morgan fingerprint density at radius 1 is 1.39 bits per heavy atom. The first-order valence-corrected chi connectivity index (χ1v) is 6.88. The number of rotatable bonds is 4. The van der Waals surface area contributed by atoms with E-state index in [4.69, 9.17) is 5.11 Å². The van der Waals surface area contributed by atoms with Crippen molar-refractivity contribution in [3.63, 3.8) is 0 Å². The molecule has 1 aromatic rings. The van der Waals surface area contributed by atoms with Crippen LogP contribution in [0.25, 0.3) is 0 Å². The number of carboxylic acid groups (broad SMARTS) is 1. The lowest BCUT2D eigenvalue weighted by atomic mass is 10.2. The summed E-state index contributed by atoms with van der Waals surface area (Å²) in [6.45, 7) is 3.30. The Hall–Kier alpha value is -1.28. The molecular weight excluding hydrogens is 334 g/mol. The fraction of sp³-hybridized carbons (Fsp3) is 0.100. The minimum Gasteiger partial charge on any atom is -0.477 e. The number of benzene rings is 1. The zero-order valence-corrected chi connectivity index (χ0v) is 11.2. The van der Waals surface area contributed by atoms with E-state index in [2.05, 4.69) is 22.5 Å². The van der Waals surface area contributed by atoms with E-state index in [1.807, 2.05) is 0 Å². The van der Waals surface area contributed by atoms with Gasteiger partial charge in [-0.3, -0.25) is 0 Å². The molecule has 0 heterocycles. The van der Waals surface area contributed by atoms with Crippen LogP contribution in [0.3, 0.4) is 0 Å². The van der Waals surface area contributed by atoms with Crippen LogP contribution in [-0.4, -0.2) is 25.2 Å². The quantitative estimate of drug-likeness (QED) is 0.854. The van der Waals surface area contributed by atoms with Crippen molar-refractivity contribution in [2.75, 3.05) is 5.75 Å². The van der Waals surface area contributed by atoms with Crippen molar-refractivity contribution in [1.82, 2.24) is 0 Å². The van der Waals surface area contributed by atoms with E-state index in [0.29, 0.717) is 12.1 Å². The van der Waals surface area contributed by atoms with Crippen molar-refractivity contribution in [2.24, 2.45) is 0 Å². The lowest BCUT2D eigenvalue weighted by Gasteiger charge is -2.07. The standard InChI is InChI=1S/C10H7BrF2O4S/c1-5(11)4-18(16,17)7-3-2-6(12)8(9(7)13)10(14)15/h2-3H,1,4H2,(H,14,15). The third-order valence-corrected chi connectivity index (χ3v) is 4.32. The summed E-state index contributed by atoms with van der Waals surface area (Å²) in [6.07, 6.45) is 0. The zero-order chi connectivity index (χ0) is 14.1. The molecule has 0 aliphatic rings. The average Bonchev–Trinajstić information content (AvgIpc) is 2.13. The SMILES string of the molecule is C=C(Br)CS(=O)(=O)c1ccc(F)c(C(=O)O)c1F. The molecule has 0 aromatic heterocycles. The number of aromatic carboxylic acids is 1. The first-order chi connectivity index (χ1) is 8.16. The number of sulfone groups is 1. The molecule has 0 saturated heterocycles. The van der Waals surface area contributed by atoms with Crippen molar-refractivity contribution in [3.8, 4) is 0 Å². The summed E-state index contributed by atoms with van der Waals surface area (Å²) in [5.74, 6) is -5.44. The zero-order valence-electron chi connectivity index (χ0n) is 8.78. The van der Waals surface area contributed by atoms with Crippen LogP contribution in [-0.2, 0) is 9.84 Å². The molecule has 0 aliphatic heterocycles. The van der Waals surface area contributed by atoms with E-state index in [9.17, 15) is 22.0 Å². The Kier molecular flexibility index (Phi) is 4.23. The molecule has 0 aliphatic carbocycles. The van der Waals surface area contributed by atoms with Gasteiger partial charge < -0.3 is 5.11 Å². The summed E-state index contributed by atoms with van der Waals surface area (Å²) in [5.41, 5.74) is -1.30. The average molecular weight is 341 g/mol. The fourth-order valence-electron chi connectivity index (χ4n) is 1.25. The number of hydrogen-bond acceptors (Lipinski definition) is 3. The molecule has 1 N–H and O–H groups in total. The highest BCUT2D eigenvalue weighted by atomic mass is 79.9. The number of carboxylic acids is 1. The molecule has 4 nitrogen and oxygen atoms in total. The van der Waals surface area contributed by atoms with E-state index in [0.717, 1.165) is 0 Å². The minimum atomic E-state index is -4.11. The lowest BCUT2D eigenvalue weighted by molar-refractivity contribution is 0.0685. The summed E-state index contributed by atoms with van der Waals surface area (Å²) < 4.78 is 50.3. The summed E-state index contributed by atoms with van der Waals surface area (Å²) in [4.78, 5) is 9.77. The summed E-state index contributed by atoms with van der Waals surface area (Å²) >= 11 is 2.81. The van der Waals surface area contributed by atoms with Gasteiger partial charge in [0.2, 0.25) is 0 Å². The summed E-state index contributed by atoms with van der Waals surface area (Å²) in [5, 5.41) is 8.62. The van der Waals surface area contributed by atoms with Crippen LogP contribution in [0.15, 0.2) is 28.1 Å². The number of hydrogen-bond donors (Lipinski definition) is 1. The Morgan fingerprint density at radius 2 is 1.94 bits per heavy atom. The second-order valence-electron chi connectivity index (χ2n) is 3.32. The molecule has 0 bridgehead atoms. The second kappa shape index (κ2) is 5.15. The first kappa shape index (κ1) is 14.8. The van der Waals surface area contributed by atoms with Crippen LogP contribution >= 0.6 is 15.9 Å². The third kappa shape index (κ3) is 2.94. The molecule has 0 saturated carbocycles. The highest BCUT2D eigenvalue weighted by Gasteiger charge is 2.27. The van der Waals surface area contributed by atoms with Crippen LogP contribution in [0.2, 0.25) is 0 Å². The maximum atomic E-state index is 13.7. The van der Waals surface area contributed by atoms with Gasteiger partial charge in [-0.15, -0.1) is 0 Å². The van der Waals surface area contributed by atoms with Crippen molar-refractivity contribution in [1.29, 1.82) is 0 Å². The first-order valence-electron chi connectivity index (χ1n) is 4.44. The Labute approximate surface area is 110 Å². The maximum absolute atomic E-state index is 13.7. The van der Waals surface area contributed by atoms with E-state index < -0.39 is 43.7 Å². The summed E-state index contributed by atoms with van der Waals surface area (Å²) in [7, 11) is -4.11. The normalized spacial score (nSPS) is 11.3. The number of halogens is 3. The van der Waals surface area contributed by atoms with Crippen molar-refractivity contribution in [2.45, 2.75) is 4.90 Å². The highest BCUT2D eigenvalue weighted by molar-refractivity contribution is 9.11. The molecule has 0 amide bonds. The van der Waals surface area contributed by atoms with Gasteiger partial charge in [-0.05, 0) is 12.1 Å². The van der Waals surface area contributed by atoms with Crippen molar-refractivity contribution >= 4 is 31.7 Å². The fourth-order valence-corrected chi connectivity index (χ4v) is 3.38. The van der Waals surface area contributed by atoms with E-state index in [-0.39, 0.29) is 4.48 Å². The van der Waals surface area contributed by atoms with Gasteiger partial charge in [-0.1, -0.05) is 22.5 Å². The van der Waals surface area contributed by atoms with Gasteiger partial charge in [-0.2, -0.15) is 0 Å². The van der Waals surface area contributed by atoms with Gasteiger partial charge in [0.15, 0.2) is 15.7 Å². The van der Waals surface area contributed by atoms with E-state index in [1.54, 1.807) is 0 Å². The van der Waals surface area contributed by atoms with Crippen LogP contribution < -0.4 is 0 Å². The predicted octanol–water partition coefficient (Wildman–Crippen LogP) is 2.35. The molecule has 0 fully saturated rings. The van der Waals surface area contributed by atoms with Gasteiger partial charge in [0, 0.05) is 4.48 Å². The van der Waals surface area contributed by atoms with Crippen molar-refractivity contribution < 1.29 is 27.1 Å². The Morgan fingerprint density at radius 3 is 2.39 bits per heavy atom. The van der Waals surface area contributed by atoms with Crippen LogP contribution in [0.4, 0.5) is 8.78 Å². The highest BCUT2D eigenvalue weighted by Crippen LogP contribution is 2.23. The largest absolute Gasteiger partial charge is 0.477 e. The van der Waals surface area contributed by atoms with Crippen molar-refractivity contribution in [3.05, 3.63) is 40.4 Å². The minimum absolute atomic E-state index is 0.0723. The predicted molar refractivity (Wildman–Crippen MR) is 63.4 cm³/mol. The molecular formula is C10H7BrF2O4S. The molecule has 1 rings (SSSR count). The topological polar surface area (TPSA) is 71.4 Å². The third-order valence-electron chi connectivity index (χ3n) is 1.95. The second-order valence-corrected chi connectivity index (χ2v) is 6.40. The van der Waals surface area contributed by atoms with Crippen LogP contribution in [0, 0.1) is 11.6 Å². The van der Waals surface area contributed by atoms with Gasteiger partial charge in [0.05, 0.1) is 5.75 Å². The van der Waals surface area contributed by atoms with Crippen LogP contribution in [0.1, 0.15) is 10.4 Å². The summed E-state index contributed by atoms with van der Waals surface area (Å²) in [6, 6.07) is 1.28.